The molecule has 0 unspecified atom stereocenters. The van der Waals surface area contributed by atoms with Crippen molar-refractivity contribution in [2.75, 3.05) is 5.32 Å². The van der Waals surface area contributed by atoms with Crippen LogP contribution in [0.5, 0.6) is 0 Å². The van der Waals surface area contributed by atoms with Crippen LogP contribution >= 0.6 is 0 Å². The van der Waals surface area contributed by atoms with Crippen molar-refractivity contribution in [2.45, 2.75) is 25.4 Å². The monoisotopic (exact) mass is 217 g/mol. The zero-order valence-electron chi connectivity index (χ0n) is 9.27. The van der Waals surface area contributed by atoms with E-state index < -0.39 is 0 Å². The third-order valence-electron chi connectivity index (χ3n) is 2.97. The van der Waals surface area contributed by atoms with Gasteiger partial charge in [0.2, 0.25) is 0 Å². The van der Waals surface area contributed by atoms with Crippen molar-refractivity contribution in [2.24, 2.45) is 12.8 Å². The molecule has 84 valence electrons. The molecule has 1 fully saturated rings. The molecule has 2 aromatic heterocycles. The van der Waals surface area contributed by atoms with Gasteiger partial charge in [-0.1, -0.05) is 0 Å². The Balaban J connectivity index is 2.13. The first-order valence-electron chi connectivity index (χ1n) is 5.56. The molecule has 1 saturated carbocycles. The van der Waals surface area contributed by atoms with E-state index in [-0.39, 0.29) is 0 Å². The van der Waals surface area contributed by atoms with Gasteiger partial charge in [0.25, 0.3) is 0 Å². The fourth-order valence-electron chi connectivity index (χ4n) is 1.87. The first-order valence-corrected chi connectivity index (χ1v) is 5.56. The maximum atomic E-state index is 5.65. The van der Waals surface area contributed by atoms with E-state index >= 15 is 0 Å². The highest BCUT2D eigenvalue weighted by Gasteiger charge is 2.22. The highest BCUT2D eigenvalue weighted by molar-refractivity contribution is 5.86. The number of anilines is 1. The van der Waals surface area contributed by atoms with Gasteiger partial charge in [0, 0.05) is 19.3 Å². The highest BCUT2D eigenvalue weighted by atomic mass is 15.1. The van der Waals surface area contributed by atoms with Gasteiger partial charge < -0.3 is 15.6 Å². The van der Waals surface area contributed by atoms with Gasteiger partial charge in [0.1, 0.15) is 11.3 Å². The number of rotatable bonds is 3. The summed E-state index contributed by atoms with van der Waals surface area (Å²) >= 11 is 0. The first-order chi connectivity index (χ1) is 7.79. The van der Waals surface area contributed by atoms with E-state index in [0.717, 1.165) is 22.7 Å². The highest BCUT2D eigenvalue weighted by Crippen LogP contribution is 2.28. The maximum absolute atomic E-state index is 5.65. The number of imidazole rings is 1. The van der Waals surface area contributed by atoms with Gasteiger partial charge in [-0.3, -0.25) is 0 Å². The van der Waals surface area contributed by atoms with Crippen LogP contribution in [0.4, 0.5) is 5.69 Å². The second-order valence-electron chi connectivity index (χ2n) is 4.24. The number of aromatic nitrogens is 3. The van der Waals surface area contributed by atoms with E-state index in [4.69, 9.17) is 5.73 Å². The molecule has 0 bridgehead atoms. The largest absolute Gasteiger partial charge is 0.380 e. The summed E-state index contributed by atoms with van der Waals surface area (Å²) < 4.78 is 1.95. The minimum absolute atomic E-state index is 0.440. The zero-order valence-corrected chi connectivity index (χ0v) is 9.27. The van der Waals surface area contributed by atoms with Gasteiger partial charge in [-0.05, 0) is 18.9 Å². The summed E-state index contributed by atoms with van der Waals surface area (Å²) in [7, 11) is 1.95. The topological polar surface area (TPSA) is 68.8 Å². The molecule has 3 rings (SSSR count). The van der Waals surface area contributed by atoms with Crippen molar-refractivity contribution >= 4 is 16.9 Å². The molecule has 1 aliphatic carbocycles. The normalized spacial score (nSPS) is 15.6. The van der Waals surface area contributed by atoms with Gasteiger partial charge in [-0.25, -0.2) is 9.97 Å². The lowest BCUT2D eigenvalue weighted by Crippen LogP contribution is -2.04. The summed E-state index contributed by atoms with van der Waals surface area (Å²) in [5, 5.41) is 3.47. The molecule has 0 radical (unpaired) electrons. The van der Waals surface area contributed by atoms with Crippen LogP contribution in [-0.4, -0.2) is 20.6 Å². The molecule has 0 amide bonds. The summed E-state index contributed by atoms with van der Waals surface area (Å²) in [6.07, 6.45) is 4.32. The molecular weight excluding hydrogens is 202 g/mol. The number of hydrogen-bond donors (Lipinski definition) is 2. The first kappa shape index (κ1) is 9.59. The fraction of sp³-hybridized carbons (Fsp3) is 0.455. The molecule has 0 saturated heterocycles. The van der Waals surface area contributed by atoms with Crippen molar-refractivity contribution in [3.8, 4) is 0 Å². The molecule has 5 nitrogen and oxygen atoms in total. The zero-order chi connectivity index (χ0) is 11.1. The van der Waals surface area contributed by atoms with E-state index in [1.165, 1.54) is 12.8 Å². The Labute approximate surface area is 93.7 Å². The van der Waals surface area contributed by atoms with Gasteiger partial charge in [0.05, 0.1) is 12.2 Å². The standard InChI is InChI=1S/C11H15N5/c1-16-9(6-12)15-10-8(14-7-2-3-7)4-5-13-11(10)16/h4-5,7H,2-3,6,12H2,1H3,(H,13,14). The van der Waals surface area contributed by atoms with Crippen LogP contribution in [0, 0.1) is 0 Å². The SMILES string of the molecule is Cn1c(CN)nc2c(NC3CC3)ccnc21. The molecule has 2 heterocycles. The summed E-state index contributed by atoms with van der Waals surface area (Å²) in [5.74, 6) is 0.868. The van der Waals surface area contributed by atoms with Gasteiger partial charge in [-0.2, -0.15) is 0 Å². The average molecular weight is 217 g/mol. The number of fused-ring (bicyclic) bond motifs is 1. The van der Waals surface area contributed by atoms with E-state index in [0.29, 0.717) is 12.6 Å². The van der Waals surface area contributed by atoms with Crippen LogP contribution in [0.15, 0.2) is 12.3 Å². The lowest BCUT2D eigenvalue weighted by molar-refractivity contribution is 0.806. The average Bonchev–Trinajstić information content (AvgIpc) is 3.04. The van der Waals surface area contributed by atoms with Gasteiger partial charge >= 0.3 is 0 Å². The smallest absolute Gasteiger partial charge is 0.161 e. The number of nitrogens with one attached hydrogen (secondary N) is 1. The van der Waals surface area contributed by atoms with Crippen LogP contribution in [0.25, 0.3) is 11.2 Å². The molecule has 16 heavy (non-hydrogen) atoms. The third-order valence-corrected chi connectivity index (χ3v) is 2.97. The molecule has 0 atom stereocenters. The number of hydrogen-bond acceptors (Lipinski definition) is 4. The number of pyridine rings is 1. The Morgan fingerprint density at radius 1 is 1.56 bits per heavy atom. The molecular formula is C11H15N5. The van der Waals surface area contributed by atoms with Crippen molar-refractivity contribution < 1.29 is 0 Å². The van der Waals surface area contributed by atoms with Crippen LogP contribution in [0.1, 0.15) is 18.7 Å². The third kappa shape index (κ3) is 1.44. The second kappa shape index (κ2) is 3.45. The molecule has 5 heteroatoms. The minimum atomic E-state index is 0.440. The Hall–Kier alpha value is -1.62. The lowest BCUT2D eigenvalue weighted by atomic mass is 10.3. The quantitative estimate of drug-likeness (QED) is 0.804. The molecule has 3 N–H and O–H groups in total. The number of aryl methyl sites for hydroxylation is 1. The van der Waals surface area contributed by atoms with E-state index in [1.807, 2.05) is 23.9 Å². The Bertz CT molecular complexity index is 526. The predicted octanol–water partition coefficient (Wildman–Crippen LogP) is 1.00. The summed E-state index contributed by atoms with van der Waals surface area (Å²) in [5.41, 5.74) is 8.54. The Morgan fingerprint density at radius 3 is 3.06 bits per heavy atom. The molecule has 0 aromatic carbocycles. The minimum Gasteiger partial charge on any atom is -0.380 e. The van der Waals surface area contributed by atoms with E-state index in [9.17, 15) is 0 Å². The van der Waals surface area contributed by atoms with Crippen LogP contribution in [0.3, 0.4) is 0 Å². The van der Waals surface area contributed by atoms with Gasteiger partial charge in [-0.15, -0.1) is 0 Å². The van der Waals surface area contributed by atoms with Gasteiger partial charge in [0.15, 0.2) is 5.65 Å². The molecule has 0 aliphatic heterocycles. The molecule has 0 spiro atoms. The number of nitrogens with zero attached hydrogens (tertiary/aromatic N) is 3. The van der Waals surface area contributed by atoms with Crippen LogP contribution < -0.4 is 11.1 Å². The summed E-state index contributed by atoms with van der Waals surface area (Å²) in [6.45, 7) is 0.440. The summed E-state index contributed by atoms with van der Waals surface area (Å²) in [6, 6.07) is 2.60. The van der Waals surface area contributed by atoms with Crippen molar-refractivity contribution in [1.29, 1.82) is 0 Å². The van der Waals surface area contributed by atoms with E-state index in [1.54, 1.807) is 0 Å². The maximum Gasteiger partial charge on any atom is 0.161 e. The second-order valence-corrected chi connectivity index (χ2v) is 4.24. The predicted molar refractivity (Wildman–Crippen MR) is 63.0 cm³/mol. The van der Waals surface area contributed by atoms with Crippen LogP contribution in [-0.2, 0) is 13.6 Å². The lowest BCUT2D eigenvalue weighted by Gasteiger charge is -2.04. The molecule has 2 aromatic rings. The Kier molecular flexibility index (Phi) is 2.07. The summed E-state index contributed by atoms with van der Waals surface area (Å²) in [4.78, 5) is 8.87. The van der Waals surface area contributed by atoms with Crippen molar-refractivity contribution in [1.82, 2.24) is 14.5 Å². The number of nitrogens with two attached hydrogens (primary N) is 1. The Morgan fingerprint density at radius 2 is 2.38 bits per heavy atom. The van der Waals surface area contributed by atoms with E-state index in [2.05, 4.69) is 15.3 Å². The van der Waals surface area contributed by atoms with Crippen LogP contribution in [0.2, 0.25) is 0 Å². The van der Waals surface area contributed by atoms with Crippen molar-refractivity contribution in [3.05, 3.63) is 18.1 Å². The fourth-order valence-corrected chi connectivity index (χ4v) is 1.87. The van der Waals surface area contributed by atoms with Crippen molar-refractivity contribution in [3.63, 3.8) is 0 Å². The molecule has 1 aliphatic rings.